The minimum atomic E-state index is -1.37. The number of rotatable bonds is 7. The number of esters is 1. The van der Waals surface area contributed by atoms with Crippen molar-refractivity contribution >= 4 is 34.2 Å². The van der Waals surface area contributed by atoms with Crippen LogP contribution in [0.1, 0.15) is 20.3 Å². The minimum Gasteiger partial charge on any atom is -0.434 e. The third-order valence-corrected chi connectivity index (χ3v) is 4.81. The summed E-state index contributed by atoms with van der Waals surface area (Å²) in [5.41, 5.74) is 0.827. The zero-order valence-electron chi connectivity index (χ0n) is 16.3. The van der Waals surface area contributed by atoms with Crippen molar-refractivity contribution in [3.05, 3.63) is 42.5 Å². The zero-order valence-corrected chi connectivity index (χ0v) is 16.3. The number of anilines is 1. The van der Waals surface area contributed by atoms with E-state index in [2.05, 4.69) is 20.7 Å². The molecule has 3 atom stereocenters. The number of carbonyl (C=O) groups excluding carboxylic acids is 3. The SMILES string of the molecule is CC(C)[C@H](NC(=O)CNc1cccc2ccccc12)C(=O)N[C@H]1CC(=O)OC1O. The Hall–Kier alpha value is -3.13. The molecule has 2 aromatic carbocycles. The highest BCUT2D eigenvalue weighted by Crippen LogP contribution is 2.22. The predicted octanol–water partition coefficient (Wildman–Crippen LogP) is 1.14. The summed E-state index contributed by atoms with van der Waals surface area (Å²) in [5, 5.41) is 20.1. The standard InChI is InChI=1S/C21H25N3O5/c1-12(2)19(20(27)23-16-10-18(26)29-21(16)28)24-17(25)11-22-15-9-5-7-13-6-3-4-8-14(13)15/h3-9,12,16,19,21-22,28H,10-11H2,1-2H3,(H,23,27)(H,24,25)/t16-,19-,21?/m0/s1. The van der Waals surface area contributed by atoms with Gasteiger partial charge in [0.1, 0.15) is 12.1 Å². The Morgan fingerprint density at radius 2 is 1.90 bits per heavy atom. The summed E-state index contributed by atoms with van der Waals surface area (Å²) < 4.78 is 4.62. The molecule has 8 heteroatoms. The topological polar surface area (TPSA) is 117 Å². The van der Waals surface area contributed by atoms with Crippen LogP contribution in [0.4, 0.5) is 5.69 Å². The monoisotopic (exact) mass is 399 g/mol. The summed E-state index contributed by atoms with van der Waals surface area (Å²) in [5.74, 6) is -1.58. The third kappa shape index (κ3) is 5.03. The highest BCUT2D eigenvalue weighted by atomic mass is 16.6. The fraction of sp³-hybridized carbons (Fsp3) is 0.381. The smallest absolute Gasteiger partial charge is 0.310 e. The Labute approximate surface area is 168 Å². The molecule has 154 valence electrons. The van der Waals surface area contributed by atoms with Crippen LogP contribution in [0.15, 0.2) is 42.5 Å². The third-order valence-electron chi connectivity index (χ3n) is 4.81. The highest BCUT2D eigenvalue weighted by molar-refractivity contribution is 5.96. The van der Waals surface area contributed by atoms with Gasteiger partial charge in [-0.05, 0) is 17.4 Å². The minimum absolute atomic E-state index is 0.00183. The Morgan fingerprint density at radius 1 is 1.17 bits per heavy atom. The van der Waals surface area contributed by atoms with Crippen LogP contribution in [0.25, 0.3) is 10.8 Å². The van der Waals surface area contributed by atoms with Gasteiger partial charge < -0.3 is 25.8 Å². The van der Waals surface area contributed by atoms with Crippen molar-refractivity contribution < 1.29 is 24.2 Å². The van der Waals surface area contributed by atoms with Crippen LogP contribution in [-0.2, 0) is 19.1 Å². The number of carbonyl (C=O) groups is 3. The van der Waals surface area contributed by atoms with Crippen LogP contribution >= 0.6 is 0 Å². The van der Waals surface area contributed by atoms with Crippen molar-refractivity contribution in [1.29, 1.82) is 0 Å². The number of cyclic esters (lactones) is 1. The lowest BCUT2D eigenvalue weighted by Crippen LogP contribution is -2.54. The molecule has 0 bridgehead atoms. The van der Waals surface area contributed by atoms with Crippen LogP contribution in [0.5, 0.6) is 0 Å². The number of amides is 2. The van der Waals surface area contributed by atoms with E-state index in [9.17, 15) is 19.5 Å². The van der Waals surface area contributed by atoms with Crippen molar-refractivity contribution in [2.75, 3.05) is 11.9 Å². The Morgan fingerprint density at radius 3 is 2.59 bits per heavy atom. The second-order valence-electron chi connectivity index (χ2n) is 7.37. The normalized spacial score (nSPS) is 19.7. The lowest BCUT2D eigenvalue weighted by Gasteiger charge is -2.24. The summed E-state index contributed by atoms with van der Waals surface area (Å²) in [6, 6.07) is 12.0. The van der Waals surface area contributed by atoms with Crippen LogP contribution in [0.2, 0.25) is 0 Å². The van der Waals surface area contributed by atoms with E-state index < -0.39 is 30.3 Å². The first-order valence-electron chi connectivity index (χ1n) is 9.54. The molecule has 1 unspecified atom stereocenters. The maximum Gasteiger partial charge on any atom is 0.310 e. The number of aliphatic hydroxyl groups is 1. The number of nitrogens with one attached hydrogen (secondary N) is 3. The van der Waals surface area contributed by atoms with E-state index in [1.54, 1.807) is 13.8 Å². The quantitative estimate of drug-likeness (QED) is 0.519. The Kier molecular flexibility index (Phi) is 6.33. The average molecular weight is 399 g/mol. The Balaban J connectivity index is 1.59. The van der Waals surface area contributed by atoms with Gasteiger partial charge >= 0.3 is 5.97 Å². The van der Waals surface area contributed by atoms with E-state index in [1.165, 1.54) is 0 Å². The van der Waals surface area contributed by atoms with Gasteiger partial charge in [-0.1, -0.05) is 50.2 Å². The largest absolute Gasteiger partial charge is 0.434 e. The van der Waals surface area contributed by atoms with Gasteiger partial charge in [-0.2, -0.15) is 0 Å². The van der Waals surface area contributed by atoms with Crippen LogP contribution in [-0.4, -0.2) is 47.8 Å². The van der Waals surface area contributed by atoms with E-state index in [4.69, 9.17) is 0 Å². The fourth-order valence-corrected chi connectivity index (χ4v) is 3.25. The first-order chi connectivity index (χ1) is 13.8. The molecule has 0 radical (unpaired) electrons. The number of hydrogen-bond donors (Lipinski definition) is 4. The molecule has 2 amide bonds. The molecule has 8 nitrogen and oxygen atoms in total. The van der Waals surface area contributed by atoms with Gasteiger partial charge in [-0.15, -0.1) is 0 Å². The van der Waals surface area contributed by atoms with E-state index in [-0.39, 0.29) is 24.8 Å². The molecule has 0 spiro atoms. The molecule has 3 rings (SSSR count). The molecule has 0 saturated carbocycles. The summed E-state index contributed by atoms with van der Waals surface area (Å²) in [6.07, 6.45) is -1.48. The first-order valence-corrected chi connectivity index (χ1v) is 9.54. The first kappa shape index (κ1) is 20.6. The van der Waals surface area contributed by atoms with Gasteiger partial charge in [0.2, 0.25) is 18.1 Å². The molecule has 1 fully saturated rings. The lowest BCUT2D eigenvalue weighted by molar-refractivity contribution is -0.155. The number of fused-ring (bicyclic) bond motifs is 1. The Bertz CT molecular complexity index is 909. The second kappa shape index (κ2) is 8.91. The molecular weight excluding hydrogens is 374 g/mol. The summed E-state index contributed by atoms with van der Waals surface area (Å²) in [4.78, 5) is 36.2. The summed E-state index contributed by atoms with van der Waals surface area (Å²) in [7, 11) is 0. The molecule has 29 heavy (non-hydrogen) atoms. The van der Waals surface area contributed by atoms with Gasteiger partial charge in [0.05, 0.1) is 13.0 Å². The molecule has 0 aromatic heterocycles. The van der Waals surface area contributed by atoms with Crippen LogP contribution in [0.3, 0.4) is 0 Å². The van der Waals surface area contributed by atoms with Gasteiger partial charge in [-0.3, -0.25) is 14.4 Å². The number of benzene rings is 2. The van der Waals surface area contributed by atoms with E-state index >= 15 is 0 Å². The van der Waals surface area contributed by atoms with Gasteiger partial charge in [0, 0.05) is 11.1 Å². The number of ether oxygens (including phenoxy) is 1. The number of aliphatic hydroxyl groups excluding tert-OH is 1. The van der Waals surface area contributed by atoms with Gasteiger partial charge in [-0.25, -0.2) is 0 Å². The summed E-state index contributed by atoms with van der Waals surface area (Å²) >= 11 is 0. The van der Waals surface area contributed by atoms with Gasteiger partial charge in [0.15, 0.2) is 0 Å². The lowest BCUT2D eigenvalue weighted by atomic mass is 10.0. The average Bonchev–Trinajstić information content (AvgIpc) is 3.00. The van der Waals surface area contributed by atoms with Gasteiger partial charge in [0.25, 0.3) is 0 Å². The fourth-order valence-electron chi connectivity index (χ4n) is 3.25. The molecule has 1 heterocycles. The van der Waals surface area contributed by atoms with E-state index in [0.29, 0.717) is 0 Å². The van der Waals surface area contributed by atoms with Crippen molar-refractivity contribution in [1.82, 2.24) is 10.6 Å². The highest BCUT2D eigenvalue weighted by Gasteiger charge is 2.36. The van der Waals surface area contributed by atoms with E-state index in [1.807, 2.05) is 42.5 Å². The van der Waals surface area contributed by atoms with Crippen LogP contribution in [0, 0.1) is 5.92 Å². The molecule has 1 aliphatic rings. The van der Waals surface area contributed by atoms with Crippen molar-refractivity contribution in [2.45, 2.75) is 38.6 Å². The molecule has 1 aliphatic heterocycles. The maximum absolute atomic E-state index is 12.6. The molecular formula is C21H25N3O5. The zero-order chi connectivity index (χ0) is 21.0. The maximum atomic E-state index is 12.6. The number of hydrogen-bond acceptors (Lipinski definition) is 6. The molecule has 1 saturated heterocycles. The predicted molar refractivity (Wildman–Crippen MR) is 108 cm³/mol. The van der Waals surface area contributed by atoms with Crippen LogP contribution < -0.4 is 16.0 Å². The van der Waals surface area contributed by atoms with Crippen molar-refractivity contribution in [3.8, 4) is 0 Å². The van der Waals surface area contributed by atoms with Crippen molar-refractivity contribution in [2.24, 2.45) is 5.92 Å². The molecule has 0 aliphatic carbocycles. The molecule has 2 aromatic rings. The van der Waals surface area contributed by atoms with Crippen molar-refractivity contribution in [3.63, 3.8) is 0 Å². The molecule has 4 N–H and O–H groups in total. The van der Waals surface area contributed by atoms with E-state index in [0.717, 1.165) is 16.5 Å². The second-order valence-corrected chi connectivity index (χ2v) is 7.37. The summed E-state index contributed by atoms with van der Waals surface area (Å²) in [6.45, 7) is 3.60.